The summed E-state index contributed by atoms with van der Waals surface area (Å²) in [6, 6.07) is 12.5. The van der Waals surface area contributed by atoms with E-state index in [0.29, 0.717) is 23.6 Å². The van der Waals surface area contributed by atoms with Crippen LogP contribution in [0.4, 0.5) is 5.69 Å². The Kier molecular flexibility index (Phi) is 8.18. The molecule has 9 heteroatoms. The van der Waals surface area contributed by atoms with Crippen LogP contribution in [0.3, 0.4) is 0 Å². The van der Waals surface area contributed by atoms with Crippen molar-refractivity contribution in [3.8, 4) is 28.1 Å². The largest absolute Gasteiger partial charge is 0.481 e. The normalized spacial score (nSPS) is 11.8. The molecule has 3 heterocycles. The standard InChI is InChI=1S/C29H31N5O4/c1-5-26(35)33-22-8-6-7-19(12-22)21-13-23-24(20-9-10-31-27(14-20)37-4)16-34(28(23)32-15-21)17-38-29(36)25(30)11-18(2)3/h5-10,12-16,18,25H,1,11,17,30H2,2-4H3,(H,33,35). The molecular formula is C29H31N5O4. The minimum absolute atomic E-state index is 0.0290. The third-order valence-corrected chi connectivity index (χ3v) is 5.99. The Balaban J connectivity index is 1.74. The monoisotopic (exact) mass is 513 g/mol. The third kappa shape index (κ3) is 6.07. The summed E-state index contributed by atoms with van der Waals surface area (Å²) in [6.45, 7) is 7.48. The van der Waals surface area contributed by atoms with Crippen molar-refractivity contribution in [1.82, 2.24) is 14.5 Å². The average molecular weight is 514 g/mol. The average Bonchev–Trinajstić information content (AvgIpc) is 3.29. The molecule has 0 aliphatic carbocycles. The first kappa shape index (κ1) is 26.6. The fourth-order valence-corrected chi connectivity index (χ4v) is 4.16. The van der Waals surface area contributed by atoms with E-state index in [9.17, 15) is 9.59 Å². The zero-order valence-electron chi connectivity index (χ0n) is 21.7. The smallest absolute Gasteiger partial charge is 0.324 e. The molecule has 1 unspecified atom stereocenters. The van der Waals surface area contributed by atoms with Gasteiger partial charge in [-0.2, -0.15) is 0 Å². The predicted molar refractivity (Wildman–Crippen MR) is 147 cm³/mol. The number of nitrogens with two attached hydrogens (primary N) is 1. The maximum Gasteiger partial charge on any atom is 0.324 e. The van der Waals surface area contributed by atoms with E-state index < -0.39 is 12.0 Å². The quantitative estimate of drug-likeness (QED) is 0.231. The van der Waals surface area contributed by atoms with Gasteiger partial charge in [-0.15, -0.1) is 0 Å². The van der Waals surface area contributed by atoms with Crippen LogP contribution in [-0.2, 0) is 21.1 Å². The second-order valence-corrected chi connectivity index (χ2v) is 9.30. The van der Waals surface area contributed by atoms with Gasteiger partial charge >= 0.3 is 5.97 Å². The van der Waals surface area contributed by atoms with Crippen LogP contribution >= 0.6 is 0 Å². The predicted octanol–water partition coefficient (Wildman–Crippen LogP) is 4.77. The van der Waals surface area contributed by atoms with Crippen molar-refractivity contribution in [2.24, 2.45) is 11.7 Å². The van der Waals surface area contributed by atoms with E-state index in [1.165, 1.54) is 6.08 Å². The van der Waals surface area contributed by atoms with Crippen LogP contribution in [0.25, 0.3) is 33.3 Å². The summed E-state index contributed by atoms with van der Waals surface area (Å²) >= 11 is 0. The number of rotatable bonds is 10. The number of fused-ring (bicyclic) bond motifs is 1. The number of ether oxygens (including phenoxy) is 2. The Morgan fingerprint density at radius 1 is 1.13 bits per heavy atom. The van der Waals surface area contributed by atoms with Crippen molar-refractivity contribution in [3.63, 3.8) is 0 Å². The summed E-state index contributed by atoms with van der Waals surface area (Å²) < 4.78 is 12.6. The number of esters is 1. The zero-order chi connectivity index (χ0) is 27.2. The molecule has 0 spiro atoms. The molecule has 0 saturated heterocycles. The number of nitrogens with zero attached hydrogens (tertiary/aromatic N) is 3. The lowest BCUT2D eigenvalue weighted by Crippen LogP contribution is -2.33. The fraction of sp³-hybridized carbons (Fsp3) is 0.241. The maximum absolute atomic E-state index is 12.5. The van der Waals surface area contributed by atoms with Crippen LogP contribution in [0.2, 0.25) is 0 Å². The minimum atomic E-state index is -0.686. The van der Waals surface area contributed by atoms with Crippen LogP contribution in [0.5, 0.6) is 5.88 Å². The van der Waals surface area contributed by atoms with Gasteiger partial charge in [0.15, 0.2) is 6.73 Å². The van der Waals surface area contributed by atoms with Crippen LogP contribution in [0.15, 0.2) is 73.7 Å². The number of hydrogen-bond donors (Lipinski definition) is 2. The summed E-state index contributed by atoms with van der Waals surface area (Å²) in [4.78, 5) is 33.2. The summed E-state index contributed by atoms with van der Waals surface area (Å²) in [5.41, 5.74) is 10.8. The number of aromatic nitrogens is 3. The van der Waals surface area contributed by atoms with Crippen molar-refractivity contribution in [1.29, 1.82) is 0 Å². The molecule has 38 heavy (non-hydrogen) atoms. The summed E-state index contributed by atoms with van der Waals surface area (Å²) in [5.74, 6) is 0.0123. The van der Waals surface area contributed by atoms with Crippen molar-refractivity contribution < 1.29 is 19.1 Å². The fourth-order valence-electron chi connectivity index (χ4n) is 4.16. The number of amides is 1. The Morgan fingerprint density at radius 3 is 2.68 bits per heavy atom. The van der Waals surface area contributed by atoms with Crippen molar-refractivity contribution in [3.05, 3.63) is 73.7 Å². The van der Waals surface area contributed by atoms with Crippen LogP contribution in [-0.4, -0.2) is 39.6 Å². The Labute approximate surface area is 221 Å². The molecule has 3 N–H and O–H groups in total. The lowest BCUT2D eigenvalue weighted by atomic mass is 10.0. The molecule has 1 amide bonds. The van der Waals surface area contributed by atoms with Gasteiger partial charge < -0.3 is 20.5 Å². The highest BCUT2D eigenvalue weighted by atomic mass is 16.5. The van der Waals surface area contributed by atoms with Crippen LogP contribution in [0, 0.1) is 5.92 Å². The van der Waals surface area contributed by atoms with Crippen molar-refractivity contribution in [2.75, 3.05) is 12.4 Å². The van der Waals surface area contributed by atoms with Gasteiger partial charge in [0, 0.05) is 46.9 Å². The van der Waals surface area contributed by atoms with Crippen LogP contribution < -0.4 is 15.8 Å². The van der Waals surface area contributed by atoms with Gasteiger partial charge in [0.25, 0.3) is 0 Å². The molecule has 4 rings (SSSR count). The highest BCUT2D eigenvalue weighted by Crippen LogP contribution is 2.34. The number of anilines is 1. The lowest BCUT2D eigenvalue weighted by Gasteiger charge is -2.14. The van der Waals surface area contributed by atoms with Gasteiger partial charge in [0.05, 0.1) is 7.11 Å². The van der Waals surface area contributed by atoms with Crippen molar-refractivity contribution in [2.45, 2.75) is 33.0 Å². The number of hydrogen-bond acceptors (Lipinski definition) is 7. The van der Waals surface area contributed by atoms with E-state index in [-0.39, 0.29) is 18.6 Å². The molecule has 1 aromatic carbocycles. The van der Waals surface area contributed by atoms with E-state index in [0.717, 1.165) is 27.6 Å². The third-order valence-electron chi connectivity index (χ3n) is 5.99. The van der Waals surface area contributed by atoms with Gasteiger partial charge in [-0.3, -0.25) is 14.2 Å². The SMILES string of the molecule is C=CC(=O)Nc1cccc(-c2cnc3c(c2)c(-c2ccnc(OC)c2)cn3COC(=O)C(N)CC(C)C)c1. The zero-order valence-corrected chi connectivity index (χ0v) is 21.7. The molecule has 196 valence electrons. The number of carbonyl (C=O) groups is 2. The van der Waals surface area contributed by atoms with Crippen molar-refractivity contribution >= 4 is 28.6 Å². The second kappa shape index (κ2) is 11.7. The van der Waals surface area contributed by atoms with Gasteiger partial charge in [-0.1, -0.05) is 32.6 Å². The Bertz CT molecular complexity index is 1480. The molecule has 0 aliphatic rings. The highest BCUT2D eigenvalue weighted by Gasteiger charge is 2.19. The molecule has 0 aliphatic heterocycles. The number of benzene rings is 1. The number of methoxy groups -OCH3 is 1. The Morgan fingerprint density at radius 2 is 1.95 bits per heavy atom. The van der Waals surface area contributed by atoms with Gasteiger partial charge in [0.2, 0.25) is 11.8 Å². The minimum Gasteiger partial charge on any atom is -0.481 e. The molecule has 3 aromatic heterocycles. The highest BCUT2D eigenvalue weighted by molar-refractivity contribution is 6.00. The number of pyridine rings is 2. The van der Waals surface area contributed by atoms with Gasteiger partial charge in [-0.25, -0.2) is 9.97 Å². The summed E-state index contributed by atoms with van der Waals surface area (Å²) in [5, 5.41) is 3.63. The summed E-state index contributed by atoms with van der Waals surface area (Å²) in [7, 11) is 1.56. The molecule has 1 atom stereocenters. The second-order valence-electron chi connectivity index (χ2n) is 9.30. The summed E-state index contributed by atoms with van der Waals surface area (Å²) in [6.07, 6.45) is 7.07. The van der Waals surface area contributed by atoms with Gasteiger partial charge in [0.1, 0.15) is 11.7 Å². The maximum atomic E-state index is 12.5. The van der Waals surface area contributed by atoms with E-state index in [2.05, 4.69) is 16.9 Å². The number of nitrogens with one attached hydrogen (secondary N) is 1. The van der Waals surface area contributed by atoms with E-state index >= 15 is 0 Å². The molecule has 0 radical (unpaired) electrons. The first-order valence-electron chi connectivity index (χ1n) is 12.2. The first-order valence-corrected chi connectivity index (χ1v) is 12.2. The van der Waals surface area contributed by atoms with Crippen LogP contribution in [0.1, 0.15) is 20.3 Å². The number of carbonyl (C=O) groups excluding carboxylic acids is 2. The van der Waals surface area contributed by atoms with E-state index in [1.807, 2.05) is 56.4 Å². The molecule has 4 aromatic rings. The molecule has 0 saturated carbocycles. The molecule has 0 fully saturated rings. The topological polar surface area (TPSA) is 121 Å². The lowest BCUT2D eigenvalue weighted by molar-refractivity contribution is -0.149. The molecule has 0 bridgehead atoms. The van der Waals surface area contributed by atoms with E-state index in [1.54, 1.807) is 30.1 Å². The molecular weight excluding hydrogens is 482 g/mol. The van der Waals surface area contributed by atoms with Gasteiger partial charge in [-0.05, 0) is 53.8 Å². The Hall–Kier alpha value is -4.50. The molecule has 9 nitrogen and oxygen atoms in total. The first-order chi connectivity index (χ1) is 18.3. The van der Waals surface area contributed by atoms with E-state index in [4.69, 9.17) is 20.2 Å².